The van der Waals surface area contributed by atoms with Gasteiger partial charge in [-0.2, -0.15) is 0 Å². The number of nitrogens with zero attached hydrogens (tertiary/aromatic N) is 2. The van der Waals surface area contributed by atoms with Gasteiger partial charge in [-0.05, 0) is 44.7 Å². The van der Waals surface area contributed by atoms with Crippen molar-refractivity contribution in [1.82, 2.24) is 9.88 Å². The van der Waals surface area contributed by atoms with E-state index in [9.17, 15) is 0 Å². The van der Waals surface area contributed by atoms with Crippen LogP contribution in [-0.4, -0.2) is 22.5 Å². The van der Waals surface area contributed by atoms with Crippen molar-refractivity contribution in [2.45, 2.75) is 98.6 Å². The quantitative estimate of drug-likeness (QED) is 0.415. The SMILES string of the molecule is C/C=C(\C=C/CC)c1csc(CN(CCCC)C2CCCCC2)n1.CC. The number of hydrogen-bond donors (Lipinski definition) is 0. The van der Waals surface area contributed by atoms with E-state index in [4.69, 9.17) is 4.98 Å². The third-order valence-corrected chi connectivity index (χ3v) is 5.75. The monoisotopic (exact) mass is 376 g/mol. The maximum atomic E-state index is 4.93. The predicted molar refractivity (Wildman–Crippen MR) is 119 cm³/mol. The van der Waals surface area contributed by atoms with Gasteiger partial charge in [-0.1, -0.05) is 71.6 Å². The van der Waals surface area contributed by atoms with Gasteiger partial charge >= 0.3 is 0 Å². The summed E-state index contributed by atoms with van der Waals surface area (Å²) in [4.78, 5) is 7.65. The Balaban J connectivity index is 0.00000163. The summed E-state index contributed by atoms with van der Waals surface area (Å²) in [5.41, 5.74) is 2.39. The lowest BCUT2D eigenvalue weighted by molar-refractivity contribution is 0.146. The average Bonchev–Trinajstić information content (AvgIpc) is 3.16. The second kappa shape index (κ2) is 14.2. The van der Waals surface area contributed by atoms with Crippen LogP contribution in [-0.2, 0) is 6.54 Å². The minimum atomic E-state index is 0.777. The van der Waals surface area contributed by atoms with Gasteiger partial charge in [0.25, 0.3) is 0 Å². The van der Waals surface area contributed by atoms with E-state index in [0.29, 0.717) is 0 Å². The lowest BCUT2D eigenvalue weighted by Gasteiger charge is -2.33. The maximum Gasteiger partial charge on any atom is 0.107 e. The van der Waals surface area contributed by atoms with Gasteiger partial charge in [-0.15, -0.1) is 11.3 Å². The van der Waals surface area contributed by atoms with Crippen LogP contribution < -0.4 is 0 Å². The zero-order valence-electron chi connectivity index (χ0n) is 17.8. The van der Waals surface area contributed by atoms with E-state index < -0.39 is 0 Å². The van der Waals surface area contributed by atoms with Crippen LogP contribution in [0.2, 0.25) is 0 Å². The second-order valence-electron chi connectivity index (χ2n) is 6.80. The summed E-state index contributed by atoms with van der Waals surface area (Å²) in [5.74, 6) is 0. The maximum absolute atomic E-state index is 4.93. The normalized spacial score (nSPS) is 16.2. The Morgan fingerprint density at radius 1 is 1.23 bits per heavy atom. The molecular weight excluding hydrogens is 336 g/mol. The van der Waals surface area contributed by atoms with Gasteiger partial charge in [0.2, 0.25) is 0 Å². The Hall–Kier alpha value is -0.930. The minimum Gasteiger partial charge on any atom is -0.294 e. The molecule has 0 atom stereocenters. The first-order valence-electron chi connectivity index (χ1n) is 10.8. The number of allylic oxidation sites excluding steroid dienone is 4. The lowest BCUT2D eigenvalue weighted by Crippen LogP contribution is -2.37. The van der Waals surface area contributed by atoms with E-state index in [1.54, 1.807) is 0 Å². The number of rotatable bonds is 9. The first-order chi connectivity index (χ1) is 12.8. The first kappa shape index (κ1) is 23.1. The van der Waals surface area contributed by atoms with Crippen LogP contribution in [0.4, 0.5) is 0 Å². The van der Waals surface area contributed by atoms with Gasteiger partial charge in [-0.3, -0.25) is 4.90 Å². The van der Waals surface area contributed by atoms with Crippen LogP contribution in [0.25, 0.3) is 5.57 Å². The van der Waals surface area contributed by atoms with E-state index in [-0.39, 0.29) is 0 Å². The van der Waals surface area contributed by atoms with E-state index in [1.165, 1.54) is 62.1 Å². The van der Waals surface area contributed by atoms with Crippen molar-refractivity contribution in [2.75, 3.05) is 6.54 Å². The molecule has 0 bridgehead atoms. The molecule has 1 aromatic heterocycles. The van der Waals surface area contributed by atoms with Crippen molar-refractivity contribution in [3.63, 3.8) is 0 Å². The molecule has 0 aliphatic heterocycles. The molecule has 1 aliphatic carbocycles. The molecule has 0 amide bonds. The van der Waals surface area contributed by atoms with Crippen molar-refractivity contribution >= 4 is 16.9 Å². The molecule has 1 heterocycles. The topological polar surface area (TPSA) is 16.1 Å². The molecule has 0 saturated heterocycles. The molecule has 1 aromatic rings. The molecule has 26 heavy (non-hydrogen) atoms. The molecule has 3 heteroatoms. The molecule has 2 rings (SSSR count). The summed E-state index contributed by atoms with van der Waals surface area (Å²) in [5, 5.41) is 3.50. The van der Waals surface area contributed by atoms with Crippen molar-refractivity contribution < 1.29 is 0 Å². The molecular formula is C23H40N2S. The van der Waals surface area contributed by atoms with Gasteiger partial charge < -0.3 is 0 Å². The van der Waals surface area contributed by atoms with Crippen LogP contribution in [0.1, 0.15) is 96.7 Å². The Kier molecular flexibility index (Phi) is 12.6. The van der Waals surface area contributed by atoms with Crippen LogP contribution >= 0.6 is 11.3 Å². The van der Waals surface area contributed by atoms with Crippen molar-refractivity contribution in [3.8, 4) is 0 Å². The summed E-state index contributed by atoms with van der Waals surface area (Å²) >= 11 is 1.82. The van der Waals surface area contributed by atoms with Gasteiger partial charge in [-0.25, -0.2) is 4.98 Å². The number of aromatic nitrogens is 1. The fourth-order valence-corrected chi connectivity index (χ4v) is 4.29. The first-order valence-corrected chi connectivity index (χ1v) is 11.7. The molecule has 148 valence electrons. The Labute approximate surface area is 166 Å². The zero-order chi connectivity index (χ0) is 19.2. The van der Waals surface area contributed by atoms with Crippen LogP contribution in [0.3, 0.4) is 0 Å². The highest BCUT2D eigenvalue weighted by atomic mass is 32.1. The summed E-state index contributed by atoms with van der Waals surface area (Å²) in [6.45, 7) is 12.8. The highest BCUT2D eigenvalue weighted by Crippen LogP contribution is 2.26. The largest absolute Gasteiger partial charge is 0.294 e. The molecule has 0 N–H and O–H groups in total. The van der Waals surface area contributed by atoms with Crippen LogP contribution in [0, 0.1) is 0 Å². The third kappa shape index (κ3) is 7.75. The fraction of sp³-hybridized carbons (Fsp3) is 0.696. The molecule has 0 unspecified atom stereocenters. The standard InChI is InChI=1S/C21H34N2S.C2H6/c1-4-7-12-18(6-3)20-17-24-21(22-20)16-23(15-8-5-2)19-13-10-9-11-14-19;1-2/h6-7,12,17,19H,4-5,8-11,13-16H2,1-3H3;1-2H3/b12-7-,18-6+;. The van der Waals surface area contributed by atoms with Gasteiger partial charge in [0, 0.05) is 11.4 Å². The highest BCUT2D eigenvalue weighted by Gasteiger charge is 2.21. The molecule has 2 nitrogen and oxygen atoms in total. The zero-order valence-corrected chi connectivity index (χ0v) is 18.6. The van der Waals surface area contributed by atoms with E-state index in [2.05, 4.69) is 49.3 Å². The van der Waals surface area contributed by atoms with Gasteiger partial charge in [0.1, 0.15) is 5.01 Å². The van der Waals surface area contributed by atoms with Crippen LogP contribution in [0.15, 0.2) is 23.6 Å². The molecule has 1 fully saturated rings. The van der Waals surface area contributed by atoms with Gasteiger partial charge in [0.05, 0.1) is 12.2 Å². The molecule has 1 saturated carbocycles. The second-order valence-corrected chi connectivity index (χ2v) is 7.74. The van der Waals surface area contributed by atoms with E-state index in [0.717, 1.165) is 24.7 Å². The molecule has 0 aromatic carbocycles. The van der Waals surface area contributed by atoms with Crippen LogP contribution in [0.5, 0.6) is 0 Å². The van der Waals surface area contributed by atoms with Crippen molar-refractivity contribution in [3.05, 3.63) is 34.3 Å². The molecule has 1 aliphatic rings. The Morgan fingerprint density at radius 3 is 2.58 bits per heavy atom. The summed E-state index contributed by atoms with van der Waals surface area (Å²) < 4.78 is 0. The smallest absolute Gasteiger partial charge is 0.107 e. The highest BCUT2D eigenvalue weighted by molar-refractivity contribution is 7.09. The minimum absolute atomic E-state index is 0.777. The lowest BCUT2D eigenvalue weighted by atomic mass is 9.94. The molecule has 0 spiro atoms. The van der Waals surface area contributed by atoms with E-state index in [1.807, 2.05) is 25.2 Å². The number of unbranched alkanes of at least 4 members (excludes halogenated alkanes) is 1. The Bertz CT molecular complexity index is 524. The van der Waals surface area contributed by atoms with Crippen molar-refractivity contribution in [2.24, 2.45) is 0 Å². The van der Waals surface area contributed by atoms with E-state index >= 15 is 0 Å². The fourth-order valence-electron chi connectivity index (χ4n) is 3.46. The molecule has 0 radical (unpaired) electrons. The Morgan fingerprint density at radius 2 is 1.96 bits per heavy atom. The summed E-state index contributed by atoms with van der Waals surface area (Å²) in [6, 6.07) is 0.777. The van der Waals surface area contributed by atoms with Gasteiger partial charge in [0.15, 0.2) is 0 Å². The number of hydrogen-bond acceptors (Lipinski definition) is 3. The number of thiazole rings is 1. The third-order valence-electron chi connectivity index (χ3n) is 4.92. The summed E-state index contributed by atoms with van der Waals surface area (Å²) in [6.07, 6.45) is 17.2. The average molecular weight is 377 g/mol. The predicted octanol–water partition coefficient (Wildman–Crippen LogP) is 7.47. The van der Waals surface area contributed by atoms with Crippen molar-refractivity contribution in [1.29, 1.82) is 0 Å². The summed E-state index contributed by atoms with van der Waals surface area (Å²) in [7, 11) is 0.